The lowest BCUT2D eigenvalue weighted by Gasteiger charge is -2.19. The van der Waals surface area contributed by atoms with Crippen LogP contribution in [-0.2, 0) is 17.1 Å². The molecular formula is C21H27N5O3S. The number of nitrogens with two attached hydrogens (primary N) is 1. The maximum Gasteiger partial charge on any atom is 0.241 e. The summed E-state index contributed by atoms with van der Waals surface area (Å²) in [6.07, 6.45) is 3.28. The molecule has 160 valence electrons. The van der Waals surface area contributed by atoms with Crippen molar-refractivity contribution in [3.05, 3.63) is 47.9 Å². The summed E-state index contributed by atoms with van der Waals surface area (Å²) < 4.78 is 30.2. The fourth-order valence-corrected chi connectivity index (χ4v) is 4.47. The van der Waals surface area contributed by atoms with Gasteiger partial charge in [0.05, 0.1) is 16.7 Å². The first-order valence-electron chi connectivity index (χ1n) is 9.46. The van der Waals surface area contributed by atoms with Crippen molar-refractivity contribution in [2.75, 3.05) is 12.3 Å². The van der Waals surface area contributed by atoms with Crippen LogP contribution in [0.1, 0.15) is 25.1 Å². The second kappa shape index (κ2) is 7.82. The van der Waals surface area contributed by atoms with Gasteiger partial charge in [-0.2, -0.15) is 5.10 Å². The van der Waals surface area contributed by atoms with Crippen molar-refractivity contribution in [3.63, 3.8) is 0 Å². The molecule has 0 amide bonds. The molecule has 9 heteroatoms. The lowest BCUT2D eigenvalue weighted by atomic mass is 10.0. The van der Waals surface area contributed by atoms with Crippen molar-refractivity contribution in [3.8, 4) is 22.3 Å². The van der Waals surface area contributed by atoms with E-state index in [2.05, 4.69) is 14.8 Å². The number of anilines is 1. The molecular weight excluding hydrogens is 402 g/mol. The average molecular weight is 430 g/mol. The number of aryl methyl sites for hydroxylation is 2. The van der Waals surface area contributed by atoms with Gasteiger partial charge in [-0.1, -0.05) is 17.7 Å². The Morgan fingerprint density at radius 1 is 1.13 bits per heavy atom. The maximum atomic E-state index is 13.0. The summed E-state index contributed by atoms with van der Waals surface area (Å²) in [5.74, 6) is 0.340. The molecule has 3 aromatic rings. The average Bonchev–Trinajstić information content (AvgIpc) is 2.99. The van der Waals surface area contributed by atoms with Crippen LogP contribution in [0, 0.1) is 13.8 Å². The number of pyridine rings is 1. The predicted octanol–water partition coefficient (Wildman–Crippen LogP) is 2.40. The van der Waals surface area contributed by atoms with Crippen molar-refractivity contribution in [2.45, 2.75) is 38.2 Å². The summed E-state index contributed by atoms with van der Waals surface area (Å²) >= 11 is 0. The number of rotatable bonds is 6. The van der Waals surface area contributed by atoms with Gasteiger partial charge in [-0.15, -0.1) is 0 Å². The number of aromatic nitrogens is 3. The van der Waals surface area contributed by atoms with Crippen LogP contribution in [0.5, 0.6) is 0 Å². The van der Waals surface area contributed by atoms with Gasteiger partial charge < -0.3 is 10.8 Å². The molecule has 0 atom stereocenters. The molecule has 2 heterocycles. The van der Waals surface area contributed by atoms with Gasteiger partial charge >= 0.3 is 0 Å². The zero-order valence-electron chi connectivity index (χ0n) is 17.8. The lowest BCUT2D eigenvalue weighted by Crippen LogP contribution is -2.38. The number of benzene rings is 1. The Morgan fingerprint density at radius 3 is 2.43 bits per heavy atom. The SMILES string of the molecule is Cc1ccc(S(=O)(=O)NCC(C)(C)O)c(-c2cnc(N)c(-c3cnn(C)c3C)c2)c1. The van der Waals surface area contributed by atoms with Gasteiger partial charge in [0.25, 0.3) is 0 Å². The van der Waals surface area contributed by atoms with E-state index < -0.39 is 15.6 Å². The molecule has 0 unspecified atom stereocenters. The third-order valence-electron chi connectivity index (χ3n) is 4.87. The molecule has 0 aliphatic rings. The molecule has 0 radical (unpaired) electrons. The van der Waals surface area contributed by atoms with E-state index in [9.17, 15) is 13.5 Å². The fraction of sp³-hybridized carbons (Fsp3) is 0.333. The van der Waals surface area contributed by atoms with E-state index in [-0.39, 0.29) is 11.4 Å². The number of nitrogens with one attached hydrogen (secondary N) is 1. The molecule has 2 aromatic heterocycles. The Kier molecular flexibility index (Phi) is 5.72. The van der Waals surface area contributed by atoms with E-state index >= 15 is 0 Å². The van der Waals surface area contributed by atoms with E-state index in [1.54, 1.807) is 35.3 Å². The van der Waals surface area contributed by atoms with Gasteiger partial charge in [0, 0.05) is 47.7 Å². The first-order chi connectivity index (χ1) is 13.9. The molecule has 0 aliphatic heterocycles. The van der Waals surface area contributed by atoms with Crippen LogP contribution in [0.25, 0.3) is 22.3 Å². The van der Waals surface area contributed by atoms with Gasteiger partial charge in [-0.05, 0) is 39.8 Å². The first kappa shape index (κ1) is 21.9. The minimum atomic E-state index is -3.87. The van der Waals surface area contributed by atoms with Gasteiger partial charge in [0.2, 0.25) is 10.0 Å². The van der Waals surface area contributed by atoms with E-state index in [0.717, 1.165) is 16.8 Å². The number of nitrogen functional groups attached to an aromatic ring is 1. The van der Waals surface area contributed by atoms with Crippen LogP contribution >= 0.6 is 0 Å². The third-order valence-corrected chi connectivity index (χ3v) is 6.33. The van der Waals surface area contributed by atoms with Crippen molar-refractivity contribution < 1.29 is 13.5 Å². The Hall–Kier alpha value is -2.75. The summed E-state index contributed by atoms with van der Waals surface area (Å²) in [5, 5.41) is 14.2. The van der Waals surface area contributed by atoms with Gasteiger partial charge in [-0.25, -0.2) is 18.1 Å². The molecule has 0 fully saturated rings. The fourth-order valence-electron chi connectivity index (χ4n) is 3.05. The highest BCUT2D eigenvalue weighted by molar-refractivity contribution is 7.89. The number of nitrogens with zero attached hydrogens (tertiary/aromatic N) is 3. The molecule has 0 aliphatic carbocycles. The van der Waals surface area contributed by atoms with Crippen molar-refractivity contribution in [1.29, 1.82) is 0 Å². The summed E-state index contributed by atoms with van der Waals surface area (Å²) in [4.78, 5) is 4.41. The van der Waals surface area contributed by atoms with Crippen molar-refractivity contribution in [1.82, 2.24) is 19.5 Å². The minimum Gasteiger partial charge on any atom is -0.389 e. The Balaban J connectivity index is 2.14. The highest BCUT2D eigenvalue weighted by Crippen LogP contribution is 2.34. The summed E-state index contributed by atoms with van der Waals surface area (Å²) in [6.45, 7) is 6.79. The summed E-state index contributed by atoms with van der Waals surface area (Å²) in [6, 6.07) is 6.92. The van der Waals surface area contributed by atoms with Crippen LogP contribution in [0.15, 0.2) is 41.6 Å². The van der Waals surface area contributed by atoms with Gasteiger partial charge in [0.1, 0.15) is 5.82 Å². The largest absolute Gasteiger partial charge is 0.389 e. The number of sulfonamides is 1. The Labute approximate surface area is 176 Å². The monoisotopic (exact) mass is 429 g/mol. The molecule has 8 nitrogen and oxygen atoms in total. The molecule has 0 saturated heterocycles. The summed E-state index contributed by atoms with van der Waals surface area (Å²) in [7, 11) is -2.03. The Morgan fingerprint density at radius 2 is 1.83 bits per heavy atom. The third kappa shape index (κ3) is 4.53. The van der Waals surface area contributed by atoms with Crippen molar-refractivity contribution in [2.24, 2.45) is 7.05 Å². The molecule has 1 aromatic carbocycles. The van der Waals surface area contributed by atoms with Crippen LogP contribution in [0.3, 0.4) is 0 Å². The van der Waals surface area contributed by atoms with Crippen molar-refractivity contribution >= 4 is 15.8 Å². The molecule has 0 spiro atoms. The minimum absolute atomic E-state index is 0.108. The van der Waals surface area contributed by atoms with Crippen LogP contribution in [-0.4, -0.2) is 40.4 Å². The molecule has 0 saturated carbocycles. The number of aliphatic hydroxyl groups is 1. The van der Waals surface area contributed by atoms with Crippen LogP contribution < -0.4 is 10.5 Å². The highest BCUT2D eigenvalue weighted by atomic mass is 32.2. The Bertz CT molecular complexity index is 1190. The maximum absolute atomic E-state index is 13.0. The lowest BCUT2D eigenvalue weighted by molar-refractivity contribution is 0.0857. The smallest absolute Gasteiger partial charge is 0.241 e. The molecule has 4 N–H and O–H groups in total. The normalized spacial score (nSPS) is 12.3. The zero-order chi connectivity index (χ0) is 22.3. The number of hydrogen-bond donors (Lipinski definition) is 3. The van der Waals surface area contributed by atoms with Crippen LogP contribution in [0.4, 0.5) is 5.82 Å². The van der Waals surface area contributed by atoms with E-state index in [1.165, 1.54) is 13.8 Å². The first-order valence-corrected chi connectivity index (χ1v) is 10.9. The van der Waals surface area contributed by atoms with E-state index in [1.807, 2.05) is 27.0 Å². The standard InChI is InChI=1S/C21H27N5O3S/c1-13-6-7-19(30(28,29)25-12-21(3,4)27)16(8-13)15-9-17(20(22)23-10-15)18-11-24-26(5)14(18)2/h6-11,25,27H,12H2,1-5H3,(H2,22,23). The van der Waals surface area contributed by atoms with Crippen LogP contribution in [0.2, 0.25) is 0 Å². The number of hydrogen-bond acceptors (Lipinski definition) is 6. The zero-order valence-corrected chi connectivity index (χ0v) is 18.6. The predicted molar refractivity (Wildman–Crippen MR) is 117 cm³/mol. The molecule has 3 rings (SSSR count). The van der Waals surface area contributed by atoms with E-state index in [0.29, 0.717) is 22.5 Å². The van der Waals surface area contributed by atoms with E-state index in [4.69, 9.17) is 5.73 Å². The van der Waals surface area contributed by atoms with Gasteiger partial charge in [-0.3, -0.25) is 4.68 Å². The second-order valence-electron chi connectivity index (χ2n) is 8.06. The molecule has 30 heavy (non-hydrogen) atoms. The second-order valence-corrected chi connectivity index (χ2v) is 9.80. The molecule has 0 bridgehead atoms. The summed E-state index contributed by atoms with van der Waals surface area (Å²) in [5.41, 5.74) is 9.42. The quantitative estimate of drug-likeness (QED) is 0.553. The topological polar surface area (TPSA) is 123 Å². The van der Waals surface area contributed by atoms with Gasteiger partial charge in [0.15, 0.2) is 0 Å². The highest BCUT2D eigenvalue weighted by Gasteiger charge is 2.24.